The Labute approximate surface area is 141 Å². The lowest BCUT2D eigenvalue weighted by Gasteiger charge is -2.39. The zero-order valence-corrected chi connectivity index (χ0v) is 12.6. The molecule has 0 unspecified atom stereocenters. The van der Waals surface area contributed by atoms with Crippen LogP contribution >= 0.6 is 0 Å². The molecule has 0 aromatic rings. The number of esters is 1. The molecular formula is C11H8F13NO2. The number of halogens is 13. The first-order chi connectivity index (χ1) is 11.6. The van der Waals surface area contributed by atoms with Gasteiger partial charge in [0.15, 0.2) is 6.61 Å². The van der Waals surface area contributed by atoms with Crippen molar-refractivity contribution in [2.45, 2.75) is 49.1 Å². The summed E-state index contributed by atoms with van der Waals surface area (Å²) in [4.78, 5) is 10.8. The number of nitrogens with one attached hydrogen (secondary N) is 1. The summed E-state index contributed by atoms with van der Waals surface area (Å²) < 4.78 is 169. The average molecular weight is 433 g/mol. The van der Waals surface area contributed by atoms with Crippen molar-refractivity contribution >= 4 is 11.7 Å². The lowest BCUT2D eigenvalue weighted by atomic mass is 9.94. The summed E-state index contributed by atoms with van der Waals surface area (Å²) in [6.07, 6.45) is -8.60. The molecule has 0 bridgehead atoms. The molecule has 0 fully saturated rings. The maximum absolute atomic E-state index is 13.2. The van der Waals surface area contributed by atoms with Gasteiger partial charge in [0.05, 0.1) is 6.42 Å². The van der Waals surface area contributed by atoms with Crippen LogP contribution in [0.15, 0.2) is 0 Å². The van der Waals surface area contributed by atoms with Gasteiger partial charge in [-0.1, -0.05) is 0 Å². The van der Waals surface area contributed by atoms with E-state index < -0.39 is 60.5 Å². The summed E-state index contributed by atoms with van der Waals surface area (Å²) in [6.45, 7) is -2.17. The fourth-order valence-electron chi connectivity index (χ4n) is 1.33. The fraction of sp³-hybridized carbons (Fsp3) is 0.818. The molecule has 0 radical (unpaired) electrons. The zero-order chi connectivity index (χ0) is 22.3. The maximum Gasteiger partial charge on any atom is 0.460 e. The van der Waals surface area contributed by atoms with E-state index in [9.17, 15) is 61.9 Å². The molecule has 160 valence electrons. The van der Waals surface area contributed by atoms with E-state index in [2.05, 4.69) is 4.74 Å². The second kappa shape index (κ2) is 7.00. The van der Waals surface area contributed by atoms with Crippen molar-refractivity contribution in [2.75, 3.05) is 6.61 Å². The molecule has 0 saturated carbocycles. The Kier molecular flexibility index (Phi) is 6.54. The minimum absolute atomic E-state index is 0.586. The number of alkyl halides is 13. The number of carbonyl (C=O) groups excluding carboxylic acids is 1. The molecule has 0 aliphatic heterocycles. The fourth-order valence-corrected chi connectivity index (χ4v) is 1.33. The van der Waals surface area contributed by atoms with Crippen LogP contribution in [0.25, 0.3) is 0 Å². The molecule has 0 aliphatic carbocycles. The van der Waals surface area contributed by atoms with Crippen LogP contribution in [0.5, 0.6) is 0 Å². The second-order valence-corrected chi connectivity index (χ2v) is 5.12. The van der Waals surface area contributed by atoms with Crippen LogP contribution in [0.1, 0.15) is 13.3 Å². The van der Waals surface area contributed by atoms with Gasteiger partial charge in [-0.2, -0.15) is 57.1 Å². The molecule has 0 aromatic carbocycles. The zero-order valence-electron chi connectivity index (χ0n) is 12.6. The molecule has 3 nitrogen and oxygen atoms in total. The van der Waals surface area contributed by atoms with Crippen molar-refractivity contribution in [3.8, 4) is 0 Å². The largest absolute Gasteiger partial charge is 0.460 e. The summed E-state index contributed by atoms with van der Waals surface area (Å²) >= 11 is 0. The Morgan fingerprint density at radius 2 is 1.11 bits per heavy atom. The van der Waals surface area contributed by atoms with Crippen LogP contribution in [0.2, 0.25) is 0 Å². The van der Waals surface area contributed by atoms with Crippen molar-refractivity contribution in [1.82, 2.24) is 0 Å². The highest BCUT2D eigenvalue weighted by atomic mass is 19.4. The van der Waals surface area contributed by atoms with Gasteiger partial charge in [0.2, 0.25) is 0 Å². The summed E-state index contributed by atoms with van der Waals surface area (Å²) in [5.41, 5.74) is -0.586. The van der Waals surface area contributed by atoms with Crippen LogP contribution in [-0.4, -0.2) is 54.1 Å². The number of hydrogen-bond acceptors (Lipinski definition) is 3. The smallest absolute Gasteiger partial charge is 0.459 e. The molecule has 0 aliphatic rings. The summed E-state index contributed by atoms with van der Waals surface area (Å²) in [5.74, 6) is -39.6. The average Bonchev–Trinajstić information content (AvgIpc) is 2.42. The van der Waals surface area contributed by atoms with Gasteiger partial charge in [-0.15, -0.1) is 0 Å². The van der Waals surface area contributed by atoms with E-state index in [-0.39, 0.29) is 0 Å². The van der Waals surface area contributed by atoms with Gasteiger partial charge < -0.3 is 10.1 Å². The Bertz CT molecular complexity index is 581. The van der Waals surface area contributed by atoms with Crippen LogP contribution in [0.4, 0.5) is 57.1 Å². The van der Waals surface area contributed by atoms with Crippen molar-refractivity contribution in [3.05, 3.63) is 0 Å². The lowest BCUT2D eigenvalue weighted by Crippen LogP contribution is -2.70. The Morgan fingerprint density at radius 3 is 1.44 bits per heavy atom. The van der Waals surface area contributed by atoms with E-state index in [0.29, 0.717) is 0 Å². The standard InChI is InChI=1S/C11H8F13NO2/c1-4(25)2-5(26)27-3-6(12,13)7(14,15)8(16,17)9(18,19)10(20,21)11(22,23)24/h25H,2-3H2,1H3. The maximum atomic E-state index is 13.2. The summed E-state index contributed by atoms with van der Waals surface area (Å²) in [7, 11) is 0. The minimum atomic E-state index is -8.00. The van der Waals surface area contributed by atoms with Crippen LogP contribution in [0.3, 0.4) is 0 Å². The van der Waals surface area contributed by atoms with Gasteiger partial charge in [-0.3, -0.25) is 4.79 Å². The first-order valence-electron chi connectivity index (χ1n) is 6.21. The molecule has 0 spiro atoms. The number of ether oxygens (including phenoxy) is 1. The van der Waals surface area contributed by atoms with Crippen LogP contribution < -0.4 is 0 Å². The third-order valence-corrected chi connectivity index (χ3v) is 2.82. The highest BCUT2D eigenvalue weighted by Crippen LogP contribution is 2.60. The molecular weight excluding hydrogens is 425 g/mol. The predicted octanol–water partition coefficient (Wildman–Crippen LogP) is 4.70. The minimum Gasteiger partial charge on any atom is -0.459 e. The quantitative estimate of drug-likeness (QED) is 0.343. The molecule has 0 heterocycles. The van der Waals surface area contributed by atoms with Crippen molar-refractivity contribution < 1.29 is 66.6 Å². The Hall–Kier alpha value is -1.77. The van der Waals surface area contributed by atoms with Crippen LogP contribution in [0, 0.1) is 5.41 Å². The van der Waals surface area contributed by atoms with Gasteiger partial charge >= 0.3 is 41.8 Å². The highest BCUT2D eigenvalue weighted by molar-refractivity contribution is 5.95. The van der Waals surface area contributed by atoms with E-state index in [1.165, 1.54) is 0 Å². The molecule has 16 heteroatoms. The summed E-state index contributed by atoms with van der Waals surface area (Å²) in [6, 6.07) is 0. The topological polar surface area (TPSA) is 50.2 Å². The normalized spacial score (nSPS) is 14.9. The summed E-state index contributed by atoms with van der Waals surface area (Å²) in [5, 5.41) is 6.74. The predicted molar refractivity (Wildman–Crippen MR) is 59.8 cm³/mol. The van der Waals surface area contributed by atoms with Crippen LogP contribution in [-0.2, 0) is 9.53 Å². The first kappa shape index (κ1) is 25.2. The number of rotatable bonds is 8. The number of carbonyl (C=O) groups is 1. The van der Waals surface area contributed by atoms with Crippen molar-refractivity contribution in [2.24, 2.45) is 0 Å². The van der Waals surface area contributed by atoms with Gasteiger partial charge in [-0.05, 0) is 6.92 Å². The molecule has 0 amide bonds. The molecule has 1 N–H and O–H groups in total. The Balaban J connectivity index is 5.87. The van der Waals surface area contributed by atoms with Gasteiger partial charge in [-0.25, -0.2) is 0 Å². The lowest BCUT2D eigenvalue weighted by molar-refractivity contribution is -0.441. The highest BCUT2D eigenvalue weighted by Gasteiger charge is 2.90. The van der Waals surface area contributed by atoms with Gasteiger partial charge in [0.25, 0.3) is 0 Å². The van der Waals surface area contributed by atoms with Gasteiger partial charge in [0.1, 0.15) is 0 Å². The molecule has 0 saturated heterocycles. The second-order valence-electron chi connectivity index (χ2n) is 5.12. The van der Waals surface area contributed by atoms with Gasteiger partial charge in [0, 0.05) is 5.71 Å². The van der Waals surface area contributed by atoms with E-state index in [4.69, 9.17) is 5.41 Å². The molecule has 27 heavy (non-hydrogen) atoms. The molecule has 0 aromatic heterocycles. The number of hydrogen-bond donors (Lipinski definition) is 1. The molecule has 0 atom stereocenters. The van der Waals surface area contributed by atoms with Crippen molar-refractivity contribution in [1.29, 1.82) is 5.41 Å². The van der Waals surface area contributed by atoms with Crippen molar-refractivity contribution in [3.63, 3.8) is 0 Å². The third-order valence-electron chi connectivity index (χ3n) is 2.82. The SMILES string of the molecule is CC(=N)CC(=O)OCC(F)(F)C(F)(F)C(F)(F)C(F)(F)C(F)(F)C(F)(F)F. The van der Waals surface area contributed by atoms with E-state index in [1.54, 1.807) is 0 Å². The van der Waals surface area contributed by atoms with E-state index in [0.717, 1.165) is 6.92 Å². The first-order valence-corrected chi connectivity index (χ1v) is 6.21. The monoisotopic (exact) mass is 433 g/mol. The van der Waals surface area contributed by atoms with E-state index in [1.807, 2.05) is 0 Å². The molecule has 0 rings (SSSR count). The Morgan fingerprint density at radius 1 is 0.741 bits per heavy atom. The van der Waals surface area contributed by atoms with E-state index >= 15 is 0 Å². The third kappa shape index (κ3) is 4.23.